The van der Waals surface area contributed by atoms with Gasteiger partial charge in [0.1, 0.15) is 0 Å². The highest BCUT2D eigenvalue weighted by Crippen LogP contribution is 2.32. The predicted octanol–water partition coefficient (Wildman–Crippen LogP) is 3.53. The second-order valence-electron chi connectivity index (χ2n) is 6.43. The fourth-order valence-electron chi connectivity index (χ4n) is 3.49. The molecule has 0 aliphatic carbocycles. The number of nitrogens with zero attached hydrogens (tertiary/aromatic N) is 2. The highest BCUT2D eigenvalue weighted by atomic mass is 16.4. The van der Waals surface area contributed by atoms with Crippen molar-refractivity contribution in [1.82, 2.24) is 9.88 Å². The van der Waals surface area contributed by atoms with Crippen LogP contribution in [-0.4, -0.2) is 34.0 Å². The summed E-state index contributed by atoms with van der Waals surface area (Å²) in [4.78, 5) is 17.9. The van der Waals surface area contributed by atoms with Gasteiger partial charge in [-0.15, -0.1) is 0 Å². The number of aliphatic carboxylic acids is 1. The smallest absolute Gasteiger partial charge is 0.306 e. The third-order valence-corrected chi connectivity index (χ3v) is 4.95. The Morgan fingerprint density at radius 1 is 1.21 bits per heavy atom. The molecule has 2 aromatic rings. The van der Waals surface area contributed by atoms with Crippen LogP contribution in [0.5, 0.6) is 0 Å². The Labute approximate surface area is 143 Å². The summed E-state index contributed by atoms with van der Waals surface area (Å²) >= 11 is 0. The molecule has 1 N–H and O–H groups in total. The van der Waals surface area contributed by atoms with E-state index in [-0.39, 0.29) is 12.0 Å². The quantitative estimate of drug-likeness (QED) is 0.914. The van der Waals surface area contributed by atoms with Gasteiger partial charge in [0.25, 0.3) is 0 Å². The van der Waals surface area contributed by atoms with Crippen molar-refractivity contribution < 1.29 is 9.90 Å². The van der Waals surface area contributed by atoms with Crippen LogP contribution < -0.4 is 0 Å². The summed E-state index contributed by atoms with van der Waals surface area (Å²) in [7, 11) is 0. The molecule has 1 aliphatic rings. The first-order valence-corrected chi connectivity index (χ1v) is 8.64. The minimum atomic E-state index is -0.667. The predicted molar refractivity (Wildman–Crippen MR) is 93.8 cm³/mol. The number of piperidine rings is 1. The zero-order valence-electron chi connectivity index (χ0n) is 14.1. The van der Waals surface area contributed by atoms with E-state index in [2.05, 4.69) is 47.1 Å². The van der Waals surface area contributed by atoms with Crippen LogP contribution >= 0.6 is 0 Å². The maximum Gasteiger partial charge on any atom is 0.306 e. The average Bonchev–Trinajstić information content (AvgIpc) is 2.64. The zero-order chi connectivity index (χ0) is 16.9. The van der Waals surface area contributed by atoms with Gasteiger partial charge < -0.3 is 5.11 Å². The van der Waals surface area contributed by atoms with E-state index in [9.17, 15) is 9.90 Å². The Bertz CT molecular complexity index is 662. The van der Waals surface area contributed by atoms with Gasteiger partial charge in [-0.25, -0.2) is 0 Å². The van der Waals surface area contributed by atoms with Crippen LogP contribution in [0.15, 0.2) is 48.8 Å². The van der Waals surface area contributed by atoms with Crippen molar-refractivity contribution in [2.75, 3.05) is 13.1 Å². The number of pyridine rings is 1. The summed E-state index contributed by atoms with van der Waals surface area (Å²) < 4.78 is 0. The van der Waals surface area contributed by atoms with Crippen molar-refractivity contribution in [3.05, 3.63) is 65.5 Å². The average molecular weight is 324 g/mol. The van der Waals surface area contributed by atoms with E-state index < -0.39 is 5.97 Å². The second-order valence-corrected chi connectivity index (χ2v) is 6.43. The van der Waals surface area contributed by atoms with Crippen LogP contribution in [0.4, 0.5) is 0 Å². The van der Waals surface area contributed by atoms with E-state index in [1.807, 2.05) is 12.3 Å². The maximum atomic E-state index is 11.2. The van der Waals surface area contributed by atoms with E-state index in [4.69, 9.17) is 0 Å². The number of hydrogen-bond acceptors (Lipinski definition) is 3. The molecule has 0 amide bonds. The topological polar surface area (TPSA) is 53.4 Å². The van der Waals surface area contributed by atoms with Crippen molar-refractivity contribution in [3.8, 4) is 0 Å². The highest BCUT2D eigenvalue weighted by Gasteiger charge is 2.30. The van der Waals surface area contributed by atoms with Gasteiger partial charge in [0.05, 0.1) is 12.0 Å². The second kappa shape index (κ2) is 7.58. The van der Waals surface area contributed by atoms with Crippen LogP contribution in [0.2, 0.25) is 0 Å². The van der Waals surface area contributed by atoms with Gasteiger partial charge >= 0.3 is 5.97 Å². The summed E-state index contributed by atoms with van der Waals surface area (Å²) in [5.41, 5.74) is 3.73. The summed E-state index contributed by atoms with van der Waals surface area (Å²) in [6.07, 6.45) is 6.15. The number of benzene rings is 1. The maximum absolute atomic E-state index is 11.2. The molecule has 1 fully saturated rings. The molecular weight excluding hydrogens is 300 g/mol. The Kier molecular flexibility index (Phi) is 5.26. The first kappa shape index (κ1) is 16.7. The SMILES string of the molecule is CCc1ccc(C(c2cccnc2)N2CCC(C(=O)O)CC2)cc1. The van der Waals surface area contributed by atoms with Crippen molar-refractivity contribution in [2.24, 2.45) is 5.92 Å². The number of hydrogen-bond donors (Lipinski definition) is 1. The van der Waals surface area contributed by atoms with Crippen LogP contribution in [0.25, 0.3) is 0 Å². The normalized spacial score (nSPS) is 17.5. The summed E-state index contributed by atoms with van der Waals surface area (Å²) in [5, 5.41) is 9.23. The molecule has 24 heavy (non-hydrogen) atoms. The summed E-state index contributed by atoms with van der Waals surface area (Å²) in [6, 6.07) is 13.0. The van der Waals surface area contributed by atoms with Gasteiger partial charge in [-0.2, -0.15) is 0 Å². The number of carbonyl (C=O) groups is 1. The number of carboxylic acid groups (broad SMARTS) is 1. The molecule has 4 heteroatoms. The molecule has 1 aromatic heterocycles. The van der Waals surface area contributed by atoms with Gasteiger partial charge in [-0.3, -0.25) is 14.7 Å². The van der Waals surface area contributed by atoms with E-state index in [0.717, 1.165) is 25.1 Å². The van der Waals surface area contributed by atoms with Crippen molar-refractivity contribution in [2.45, 2.75) is 32.2 Å². The number of rotatable bonds is 5. The molecule has 4 nitrogen and oxygen atoms in total. The Hall–Kier alpha value is -2.20. The molecule has 1 aromatic carbocycles. The Morgan fingerprint density at radius 2 is 1.92 bits per heavy atom. The molecule has 126 valence electrons. The molecule has 1 saturated heterocycles. The standard InChI is InChI=1S/C20H24N2O2/c1-2-15-5-7-16(8-6-15)19(18-4-3-11-21-14-18)22-12-9-17(10-13-22)20(23)24/h3-8,11,14,17,19H,2,9-10,12-13H2,1H3,(H,23,24). The highest BCUT2D eigenvalue weighted by molar-refractivity contribution is 5.70. The van der Waals surface area contributed by atoms with E-state index in [1.165, 1.54) is 11.1 Å². The number of carboxylic acids is 1. The third kappa shape index (κ3) is 3.65. The first-order valence-electron chi connectivity index (χ1n) is 8.64. The van der Waals surface area contributed by atoms with Crippen LogP contribution in [0.3, 0.4) is 0 Å². The van der Waals surface area contributed by atoms with Crippen molar-refractivity contribution >= 4 is 5.97 Å². The fourth-order valence-corrected chi connectivity index (χ4v) is 3.49. The third-order valence-electron chi connectivity index (χ3n) is 4.95. The lowest BCUT2D eigenvalue weighted by molar-refractivity contribution is -0.143. The number of aryl methyl sites for hydroxylation is 1. The number of aromatic nitrogens is 1. The van der Waals surface area contributed by atoms with Gasteiger partial charge in [0.15, 0.2) is 0 Å². The van der Waals surface area contributed by atoms with Crippen LogP contribution in [0, 0.1) is 5.92 Å². The summed E-state index contributed by atoms with van der Waals surface area (Å²) in [6.45, 7) is 3.75. The van der Waals surface area contributed by atoms with Gasteiger partial charge in [0, 0.05) is 12.4 Å². The van der Waals surface area contributed by atoms with E-state index >= 15 is 0 Å². The van der Waals surface area contributed by atoms with Crippen molar-refractivity contribution in [1.29, 1.82) is 0 Å². The molecule has 1 atom stereocenters. The van der Waals surface area contributed by atoms with E-state index in [0.29, 0.717) is 12.8 Å². The molecule has 0 saturated carbocycles. The minimum absolute atomic E-state index is 0.138. The van der Waals surface area contributed by atoms with Crippen molar-refractivity contribution in [3.63, 3.8) is 0 Å². The van der Waals surface area contributed by atoms with Crippen LogP contribution in [-0.2, 0) is 11.2 Å². The molecule has 1 unspecified atom stereocenters. The summed E-state index contributed by atoms with van der Waals surface area (Å²) in [5.74, 6) is -0.877. The lowest BCUT2D eigenvalue weighted by Crippen LogP contribution is -2.39. The minimum Gasteiger partial charge on any atom is -0.481 e. The fraction of sp³-hybridized carbons (Fsp3) is 0.400. The van der Waals surface area contributed by atoms with Gasteiger partial charge in [-0.05, 0) is 55.1 Å². The Balaban J connectivity index is 1.87. The van der Waals surface area contributed by atoms with E-state index in [1.54, 1.807) is 6.20 Å². The monoisotopic (exact) mass is 324 g/mol. The molecular formula is C20H24N2O2. The molecule has 0 radical (unpaired) electrons. The molecule has 1 aliphatic heterocycles. The van der Waals surface area contributed by atoms with Gasteiger partial charge in [-0.1, -0.05) is 37.3 Å². The van der Waals surface area contributed by atoms with Crippen LogP contribution in [0.1, 0.15) is 42.5 Å². The first-order chi connectivity index (χ1) is 11.7. The largest absolute Gasteiger partial charge is 0.481 e. The van der Waals surface area contributed by atoms with Gasteiger partial charge in [0.2, 0.25) is 0 Å². The molecule has 2 heterocycles. The Morgan fingerprint density at radius 3 is 2.46 bits per heavy atom. The number of likely N-dealkylation sites (tertiary alicyclic amines) is 1. The zero-order valence-corrected chi connectivity index (χ0v) is 14.1. The molecule has 3 rings (SSSR count). The lowest BCUT2D eigenvalue weighted by atomic mass is 9.91. The molecule has 0 bridgehead atoms. The lowest BCUT2D eigenvalue weighted by Gasteiger charge is -2.37. The molecule has 0 spiro atoms.